The molecule has 5 heteroatoms. The van der Waals surface area contributed by atoms with E-state index in [0.29, 0.717) is 5.82 Å². The van der Waals surface area contributed by atoms with E-state index < -0.39 is 0 Å². The zero-order chi connectivity index (χ0) is 12.5. The molecule has 0 aromatic carbocycles. The van der Waals surface area contributed by atoms with Gasteiger partial charge in [-0.15, -0.1) is 0 Å². The standard InChI is InChI=1S/C13H16N4S/c1-17(8-9-2-3-9)13-11(12(14)16-18-13)10-4-6-15-7-5-10/h4-7,9H,2-3,8H2,1H3,(H2,14,16). The molecule has 1 fully saturated rings. The summed E-state index contributed by atoms with van der Waals surface area (Å²) in [6, 6.07) is 3.96. The van der Waals surface area contributed by atoms with Gasteiger partial charge in [0.25, 0.3) is 0 Å². The van der Waals surface area contributed by atoms with E-state index in [1.54, 1.807) is 12.4 Å². The minimum Gasteiger partial charge on any atom is -0.382 e. The van der Waals surface area contributed by atoms with E-state index in [0.717, 1.165) is 28.6 Å². The van der Waals surface area contributed by atoms with Crippen LogP contribution in [0.3, 0.4) is 0 Å². The maximum Gasteiger partial charge on any atom is 0.147 e. The van der Waals surface area contributed by atoms with Crippen LogP contribution in [0.15, 0.2) is 24.5 Å². The van der Waals surface area contributed by atoms with Crippen molar-refractivity contribution in [3.8, 4) is 11.1 Å². The van der Waals surface area contributed by atoms with Crippen molar-refractivity contribution < 1.29 is 0 Å². The van der Waals surface area contributed by atoms with Gasteiger partial charge in [-0.25, -0.2) is 0 Å². The lowest BCUT2D eigenvalue weighted by atomic mass is 10.1. The molecule has 18 heavy (non-hydrogen) atoms. The summed E-state index contributed by atoms with van der Waals surface area (Å²) in [5.74, 6) is 1.47. The first kappa shape index (κ1) is 11.5. The van der Waals surface area contributed by atoms with Gasteiger partial charge in [0.15, 0.2) is 0 Å². The normalized spacial score (nSPS) is 14.7. The smallest absolute Gasteiger partial charge is 0.147 e. The Morgan fingerprint density at radius 1 is 1.39 bits per heavy atom. The summed E-state index contributed by atoms with van der Waals surface area (Å²) >= 11 is 1.48. The second-order valence-electron chi connectivity index (χ2n) is 4.81. The van der Waals surface area contributed by atoms with Gasteiger partial charge in [-0.05, 0) is 48.0 Å². The number of nitrogens with zero attached hydrogens (tertiary/aromatic N) is 3. The quantitative estimate of drug-likeness (QED) is 0.918. The van der Waals surface area contributed by atoms with Gasteiger partial charge >= 0.3 is 0 Å². The van der Waals surface area contributed by atoms with Crippen LogP contribution in [-0.2, 0) is 0 Å². The van der Waals surface area contributed by atoms with Crippen LogP contribution in [-0.4, -0.2) is 22.9 Å². The molecular formula is C13H16N4S. The minimum atomic E-state index is 0.615. The molecule has 0 aliphatic heterocycles. The maximum absolute atomic E-state index is 6.01. The van der Waals surface area contributed by atoms with E-state index in [2.05, 4.69) is 21.3 Å². The summed E-state index contributed by atoms with van der Waals surface area (Å²) < 4.78 is 4.30. The van der Waals surface area contributed by atoms with Crippen LogP contribution in [0, 0.1) is 5.92 Å². The first-order valence-electron chi connectivity index (χ1n) is 6.12. The zero-order valence-corrected chi connectivity index (χ0v) is 11.2. The summed E-state index contributed by atoms with van der Waals surface area (Å²) in [4.78, 5) is 6.33. The van der Waals surface area contributed by atoms with Gasteiger partial charge in [-0.3, -0.25) is 4.98 Å². The van der Waals surface area contributed by atoms with E-state index in [1.165, 1.54) is 24.4 Å². The molecule has 2 heterocycles. The van der Waals surface area contributed by atoms with Gasteiger partial charge in [0.1, 0.15) is 10.8 Å². The number of nitrogens with two attached hydrogens (primary N) is 1. The second kappa shape index (κ2) is 4.57. The van der Waals surface area contributed by atoms with Crippen LogP contribution in [0.25, 0.3) is 11.1 Å². The van der Waals surface area contributed by atoms with E-state index in [-0.39, 0.29) is 0 Å². The lowest BCUT2D eigenvalue weighted by Gasteiger charge is -2.18. The topological polar surface area (TPSA) is 55.0 Å². The molecule has 2 N–H and O–H groups in total. The molecule has 2 aromatic rings. The van der Waals surface area contributed by atoms with Crippen molar-refractivity contribution in [3.05, 3.63) is 24.5 Å². The molecule has 0 atom stereocenters. The molecule has 94 valence electrons. The van der Waals surface area contributed by atoms with E-state index in [1.807, 2.05) is 12.1 Å². The van der Waals surface area contributed by atoms with Crippen molar-refractivity contribution in [1.29, 1.82) is 0 Å². The molecule has 0 unspecified atom stereocenters. The molecular weight excluding hydrogens is 244 g/mol. The molecule has 1 saturated carbocycles. The highest BCUT2D eigenvalue weighted by molar-refractivity contribution is 7.11. The molecule has 0 radical (unpaired) electrons. The van der Waals surface area contributed by atoms with Gasteiger partial charge < -0.3 is 10.6 Å². The number of anilines is 2. The predicted octanol–water partition coefficient (Wildman–Crippen LogP) is 2.63. The molecule has 0 saturated heterocycles. The SMILES string of the molecule is CN(CC1CC1)c1snc(N)c1-c1ccncc1. The summed E-state index contributed by atoms with van der Waals surface area (Å²) in [5, 5.41) is 1.16. The Morgan fingerprint density at radius 2 is 2.11 bits per heavy atom. The van der Waals surface area contributed by atoms with Crippen LogP contribution in [0.5, 0.6) is 0 Å². The lowest BCUT2D eigenvalue weighted by molar-refractivity contribution is 0.793. The van der Waals surface area contributed by atoms with Crippen LogP contribution in [0.1, 0.15) is 12.8 Å². The first-order chi connectivity index (χ1) is 8.75. The molecule has 2 aromatic heterocycles. The van der Waals surface area contributed by atoms with Crippen LogP contribution in [0.4, 0.5) is 10.8 Å². The number of aromatic nitrogens is 2. The van der Waals surface area contributed by atoms with E-state index in [9.17, 15) is 0 Å². The van der Waals surface area contributed by atoms with Crippen molar-refractivity contribution in [2.75, 3.05) is 24.2 Å². The first-order valence-corrected chi connectivity index (χ1v) is 6.89. The molecule has 3 rings (SSSR count). The van der Waals surface area contributed by atoms with Crippen molar-refractivity contribution in [3.63, 3.8) is 0 Å². The highest BCUT2D eigenvalue weighted by Gasteiger charge is 2.25. The summed E-state index contributed by atoms with van der Waals surface area (Å²) in [5.41, 5.74) is 8.15. The highest BCUT2D eigenvalue weighted by Crippen LogP contribution is 2.40. The number of hydrogen-bond donors (Lipinski definition) is 1. The fourth-order valence-corrected chi connectivity index (χ4v) is 2.92. The maximum atomic E-state index is 6.01. The monoisotopic (exact) mass is 260 g/mol. The third-order valence-electron chi connectivity index (χ3n) is 3.25. The Balaban J connectivity index is 1.95. The lowest BCUT2D eigenvalue weighted by Crippen LogP contribution is -2.19. The van der Waals surface area contributed by atoms with Crippen molar-refractivity contribution in [2.45, 2.75) is 12.8 Å². The average Bonchev–Trinajstić information content (AvgIpc) is 3.11. The van der Waals surface area contributed by atoms with E-state index in [4.69, 9.17) is 5.73 Å². The molecule has 0 amide bonds. The Bertz CT molecular complexity index is 533. The molecule has 0 bridgehead atoms. The Kier molecular flexibility index (Phi) is 2.91. The van der Waals surface area contributed by atoms with Crippen LogP contribution < -0.4 is 10.6 Å². The molecule has 1 aliphatic rings. The second-order valence-corrected chi connectivity index (χ2v) is 5.56. The summed E-state index contributed by atoms with van der Waals surface area (Å²) in [7, 11) is 2.12. The predicted molar refractivity (Wildman–Crippen MR) is 75.8 cm³/mol. The molecule has 0 spiro atoms. The Labute approximate surface area is 111 Å². The molecule has 4 nitrogen and oxygen atoms in total. The Hall–Kier alpha value is -1.62. The summed E-state index contributed by atoms with van der Waals surface area (Å²) in [6.45, 7) is 1.10. The largest absolute Gasteiger partial charge is 0.382 e. The van der Waals surface area contributed by atoms with Gasteiger partial charge in [0, 0.05) is 26.0 Å². The van der Waals surface area contributed by atoms with Crippen LogP contribution in [0.2, 0.25) is 0 Å². The third-order valence-corrected chi connectivity index (χ3v) is 4.22. The minimum absolute atomic E-state index is 0.615. The van der Waals surface area contributed by atoms with Crippen molar-refractivity contribution >= 4 is 22.4 Å². The van der Waals surface area contributed by atoms with Gasteiger partial charge in [0.05, 0.1) is 5.56 Å². The summed E-state index contributed by atoms with van der Waals surface area (Å²) in [6.07, 6.45) is 6.28. The highest BCUT2D eigenvalue weighted by atomic mass is 32.1. The zero-order valence-electron chi connectivity index (χ0n) is 10.3. The van der Waals surface area contributed by atoms with Gasteiger partial charge in [-0.1, -0.05) is 0 Å². The number of nitrogen functional groups attached to an aromatic ring is 1. The fraction of sp³-hybridized carbons (Fsp3) is 0.385. The van der Waals surface area contributed by atoms with Crippen molar-refractivity contribution in [1.82, 2.24) is 9.36 Å². The number of rotatable bonds is 4. The van der Waals surface area contributed by atoms with Crippen LogP contribution >= 0.6 is 11.5 Å². The molecule has 1 aliphatic carbocycles. The average molecular weight is 260 g/mol. The third kappa shape index (κ3) is 2.18. The van der Waals surface area contributed by atoms with Gasteiger partial charge in [-0.2, -0.15) is 4.37 Å². The number of pyridine rings is 1. The van der Waals surface area contributed by atoms with Crippen molar-refractivity contribution in [2.24, 2.45) is 5.92 Å². The fourth-order valence-electron chi connectivity index (χ4n) is 2.11. The Morgan fingerprint density at radius 3 is 2.78 bits per heavy atom. The van der Waals surface area contributed by atoms with E-state index >= 15 is 0 Å². The number of hydrogen-bond acceptors (Lipinski definition) is 5. The van der Waals surface area contributed by atoms with Gasteiger partial charge in [0.2, 0.25) is 0 Å².